The van der Waals surface area contributed by atoms with Crippen LogP contribution in [0.4, 0.5) is 5.95 Å². The highest BCUT2D eigenvalue weighted by Gasteiger charge is 1.85. The maximum atomic E-state index is 7.13. The predicted octanol–water partition coefficient (Wildman–Crippen LogP) is 0.821. The molecule has 4 heteroatoms. The van der Waals surface area contributed by atoms with Crippen LogP contribution in [-0.4, -0.2) is 9.97 Å². The number of hydrogen-bond acceptors (Lipinski definition) is 3. The molecule has 0 aliphatic rings. The van der Waals surface area contributed by atoms with Gasteiger partial charge in [0.2, 0.25) is 5.95 Å². The highest BCUT2D eigenvalue weighted by molar-refractivity contribution is 9.10. The second-order valence-corrected chi connectivity index (χ2v) is 1.86. The van der Waals surface area contributed by atoms with E-state index in [2.05, 4.69) is 25.9 Å². The summed E-state index contributed by atoms with van der Waals surface area (Å²) in [5, 5.41) is 0. The van der Waals surface area contributed by atoms with Crippen molar-refractivity contribution in [1.82, 2.24) is 9.97 Å². The first-order chi connectivity index (χ1) is 4.61. The van der Waals surface area contributed by atoms with E-state index in [0.29, 0.717) is 0 Å². The lowest BCUT2D eigenvalue weighted by Gasteiger charge is -1.87. The summed E-state index contributed by atoms with van der Waals surface area (Å²) in [5.74, 6) is 0.00729. The number of nitrogen functional groups attached to an aromatic ring is 1. The zero-order valence-electron chi connectivity index (χ0n) is 5.85. The predicted molar refractivity (Wildman–Crippen MR) is 34.1 cm³/mol. The molecule has 0 saturated carbocycles. The van der Waals surface area contributed by atoms with E-state index in [0.717, 1.165) is 0 Å². The Hall–Kier alpha value is -0.640. The van der Waals surface area contributed by atoms with E-state index >= 15 is 0 Å². The van der Waals surface area contributed by atoms with Crippen LogP contribution >= 0.6 is 15.9 Å². The molecule has 0 spiro atoms. The lowest BCUT2D eigenvalue weighted by atomic mass is 10.7. The second kappa shape index (κ2) is 2.09. The van der Waals surface area contributed by atoms with Crippen LogP contribution in [-0.2, 0) is 0 Å². The highest BCUT2D eigenvalue weighted by atomic mass is 79.9. The number of hydrogen-bond donors (Lipinski definition) is 1. The van der Waals surface area contributed by atoms with Gasteiger partial charge < -0.3 is 5.73 Å². The van der Waals surface area contributed by atoms with Crippen molar-refractivity contribution in [2.24, 2.45) is 0 Å². The van der Waals surface area contributed by atoms with Gasteiger partial charge in [-0.25, -0.2) is 9.97 Å². The topological polar surface area (TPSA) is 51.8 Å². The van der Waals surface area contributed by atoms with Gasteiger partial charge in [-0.3, -0.25) is 0 Å². The van der Waals surface area contributed by atoms with Gasteiger partial charge in [0.1, 0.15) is 4.60 Å². The lowest BCUT2D eigenvalue weighted by Crippen LogP contribution is -1.92. The SMILES string of the molecule is [2H]c1nc(N)nc(Br)c1[2H]. The van der Waals surface area contributed by atoms with Gasteiger partial charge in [-0.1, -0.05) is 0 Å². The molecule has 8 heavy (non-hydrogen) atoms. The van der Waals surface area contributed by atoms with Crippen LogP contribution in [0.1, 0.15) is 2.74 Å². The third-order valence-electron chi connectivity index (χ3n) is 0.542. The molecule has 1 rings (SSSR count). The van der Waals surface area contributed by atoms with Gasteiger partial charge in [0.05, 0.1) is 2.74 Å². The number of nitrogens with zero attached hydrogens (tertiary/aromatic N) is 2. The summed E-state index contributed by atoms with van der Waals surface area (Å²) in [6.07, 6.45) is -0.167. The van der Waals surface area contributed by atoms with E-state index in [4.69, 9.17) is 8.48 Å². The van der Waals surface area contributed by atoms with E-state index in [1.165, 1.54) is 0 Å². The zero-order chi connectivity index (χ0) is 7.72. The molecule has 0 aliphatic carbocycles. The van der Waals surface area contributed by atoms with Crippen LogP contribution in [0.25, 0.3) is 0 Å². The summed E-state index contributed by atoms with van der Waals surface area (Å²) in [4.78, 5) is 7.06. The molecule has 0 fully saturated rings. The van der Waals surface area contributed by atoms with E-state index in [9.17, 15) is 0 Å². The molecule has 0 aromatic carbocycles. The minimum absolute atomic E-state index is 0.00729. The Labute approximate surface area is 57.9 Å². The highest BCUT2D eigenvalue weighted by Crippen LogP contribution is 2.03. The fourth-order valence-corrected chi connectivity index (χ4v) is 0.555. The van der Waals surface area contributed by atoms with Gasteiger partial charge in [-0.05, 0) is 22.0 Å². The Bertz CT molecular complexity index is 242. The normalized spacial score (nSPS) is 12.6. The Kier molecular flexibility index (Phi) is 0.886. The molecule has 1 heterocycles. The van der Waals surface area contributed by atoms with Crippen molar-refractivity contribution in [3.8, 4) is 0 Å². The largest absolute Gasteiger partial charge is 0.368 e. The molecule has 42 valence electrons. The summed E-state index contributed by atoms with van der Waals surface area (Å²) < 4.78 is 14.4. The molecule has 2 N–H and O–H groups in total. The molecule has 1 aromatic rings. The fourth-order valence-electron chi connectivity index (χ4n) is 0.285. The first-order valence-corrected chi connectivity index (χ1v) is 2.67. The Morgan fingerprint density at radius 1 is 1.88 bits per heavy atom. The van der Waals surface area contributed by atoms with Gasteiger partial charge in [0, 0.05) is 6.17 Å². The summed E-state index contributed by atoms with van der Waals surface area (Å²) >= 11 is 2.96. The third kappa shape index (κ3) is 1.16. The Morgan fingerprint density at radius 3 is 3.25 bits per heavy atom. The summed E-state index contributed by atoms with van der Waals surface area (Å²) in [7, 11) is 0. The molecule has 0 radical (unpaired) electrons. The average molecular weight is 176 g/mol. The molecule has 3 nitrogen and oxygen atoms in total. The summed E-state index contributed by atoms with van der Waals surface area (Å²) in [6, 6.07) is -0.0470. The fraction of sp³-hybridized carbons (Fsp3) is 0. The van der Waals surface area contributed by atoms with E-state index in [1.807, 2.05) is 0 Å². The van der Waals surface area contributed by atoms with Crippen molar-refractivity contribution in [2.45, 2.75) is 0 Å². The number of anilines is 1. The number of halogens is 1. The molecule has 0 bridgehead atoms. The minimum Gasteiger partial charge on any atom is -0.368 e. The molecular weight excluding hydrogens is 170 g/mol. The third-order valence-corrected chi connectivity index (χ3v) is 0.918. The smallest absolute Gasteiger partial charge is 0.221 e. The molecule has 0 saturated heterocycles. The second-order valence-electron chi connectivity index (χ2n) is 1.11. The standard InChI is InChI=1S/C4H4BrN3/c5-3-1-2-7-4(6)8-3/h1-2H,(H2,6,7,8)/i1D,2D. The zero-order valence-corrected chi connectivity index (χ0v) is 5.44. The lowest BCUT2D eigenvalue weighted by molar-refractivity contribution is 1.16. The van der Waals surface area contributed by atoms with E-state index < -0.39 is 0 Å². The maximum Gasteiger partial charge on any atom is 0.221 e. The van der Waals surface area contributed by atoms with Gasteiger partial charge in [0.15, 0.2) is 0 Å². The summed E-state index contributed by atoms with van der Waals surface area (Å²) in [5.41, 5.74) is 5.17. The first kappa shape index (κ1) is 3.40. The van der Waals surface area contributed by atoms with Crippen LogP contribution in [0.15, 0.2) is 16.8 Å². The quantitative estimate of drug-likeness (QED) is 0.595. The van der Waals surface area contributed by atoms with Crippen molar-refractivity contribution in [1.29, 1.82) is 0 Å². The maximum absolute atomic E-state index is 7.13. The molecule has 0 atom stereocenters. The van der Waals surface area contributed by atoms with Crippen LogP contribution < -0.4 is 5.73 Å². The number of aromatic nitrogens is 2. The van der Waals surface area contributed by atoms with Gasteiger partial charge >= 0.3 is 0 Å². The molecule has 1 aromatic heterocycles. The Balaban J connectivity index is 3.31. The average Bonchev–Trinajstić information content (AvgIpc) is 1.82. The van der Waals surface area contributed by atoms with Gasteiger partial charge in [-0.2, -0.15) is 0 Å². The van der Waals surface area contributed by atoms with Crippen molar-refractivity contribution in [3.05, 3.63) is 16.8 Å². The first-order valence-electron chi connectivity index (χ1n) is 2.87. The molecular formula is C4H4BrN3. The van der Waals surface area contributed by atoms with Crippen molar-refractivity contribution >= 4 is 21.9 Å². The van der Waals surface area contributed by atoms with E-state index in [1.54, 1.807) is 0 Å². The van der Waals surface area contributed by atoms with Crippen LogP contribution in [0.3, 0.4) is 0 Å². The van der Waals surface area contributed by atoms with Crippen LogP contribution in [0, 0.1) is 0 Å². The summed E-state index contributed by atoms with van der Waals surface area (Å²) in [6.45, 7) is 0. The Morgan fingerprint density at radius 2 is 2.62 bits per heavy atom. The molecule has 0 aliphatic heterocycles. The van der Waals surface area contributed by atoms with Crippen molar-refractivity contribution in [3.63, 3.8) is 0 Å². The van der Waals surface area contributed by atoms with Crippen LogP contribution in [0.2, 0.25) is 0 Å². The van der Waals surface area contributed by atoms with Crippen LogP contribution in [0.5, 0.6) is 0 Å². The van der Waals surface area contributed by atoms with Gasteiger partial charge in [0.25, 0.3) is 0 Å². The number of rotatable bonds is 0. The monoisotopic (exact) mass is 175 g/mol. The van der Waals surface area contributed by atoms with Crippen molar-refractivity contribution < 1.29 is 2.74 Å². The van der Waals surface area contributed by atoms with E-state index in [-0.39, 0.29) is 22.8 Å². The minimum atomic E-state index is -0.167. The van der Waals surface area contributed by atoms with Gasteiger partial charge in [-0.15, -0.1) is 0 Å². The number of nitrogens with two attached hydrogens (primary N) is 1. The van der Waals surface area contributed by atoms with Crippen molar-refractivity contribution in [2.75, 3.05) is 5.73 Å². The molecule has 0 unspecified atom stereocenters. The molecule has 0 amide bonds.